The lowest BCUT2D eigenvalue weighted by Crippen LogP contribution is -2.45. The van der Waals surface area contributed by atoms with Gasteiger partial charge in [0.05, 0.1) is 25.4 Å². The predicted octanol–water partition coefficient (Wildman–Crippen LogP) is 15.5. The molecule has 0 heterocycles. The van der Waals surface area contributed by atoms with Crippen LogP contribution in [-0.4, -0.2) is 47.4 Å². The van der Waals surface area contributed by atoms with E-state index in [9.17, 15) is 19.8 Å². The minimum atomic E-state index is -0.682. The summed E-state index contributed by atoms with van der Waals surface area (Å²) in [7, 11) is 0. The van der Waals surface area contributed by atoms with Crippen LogP contribution in [0.5, 0.6) is 0 Å². The molecule has 0 fully saturated rings. The van der Waals surface area contributed by atoms with Crippen LogP contribution in [0.25, 0.3) is 0 Å². The van der Waals surface area contributed by atoms with Crippen LogP contribution in [0.4, 0.5) is 0 Å². The molecule has 0 saturated carbocycles. The smallest absolute Gasteiger partial charge is 0.305 e. The number of aliphatic hydroxyl groups is 2. The van der Waals surface area contributed by atoms with Gasteiger partial charge < -0.3 is 20.3 Å². The summed E-state index contributed by atoms with van der Waals surface area (Å²) >= 11 is 0. The summed E-state index contributed by atoms with van der Waals surface area (Å²) in [5.41, 5.74) is 0. The number of allylic oxidation sites excluding steroid dienone is 4. The molecule has 2 unspecified atom stereocenters. The SMILES string of the molecule is CCCCCCC/C=C\CCCCCCCC(=O)OCCCC/C=C\CCCCCCCC(=O)NC(CO)C(O)CCCCCCCCCCCCCCCCCCC. The summed E-state index contributed by atoms with van der Waals surface area (Å²) in [4.78, 5) is 24.5. The van der Waals surface area contributed by atoms with E-state index in [0.29, 0.717) is 25.9 Å². The van der Waals surface area contributed by atoms with E-state index in [1.165, 1.54) is 161 Å². The van der Waals surface area contributed by atoms with Crippen molar-refractivity contribution in [2.75, 3.05) is 13.2 Å². The highest BCUT2D eigenvalue weighted by molar-refractivity contribution is 5.76. The minimum absolute atomic E-state index is 0.0396. The maximum Gasteiger partial charge on any atom is 0.305 e. The molecule has 0 aromatic rings. The van der Waals surface area contributed by atoms with Gasteiger partial charge >= 0.3 is 5.97 Å². The molecular formula is C53H101NO5. The monoisotopic (exact) mass is 832 g/mol. The Kier molecular flexibility index (Phi) is 47.6. The third-order valence-electron chi connectivity index (χ3n) is 12.0. The van der Waals surface area contributed by atoms with Crippen LogP contribution in [0.2, 0.25) is 0 Å². The average Bonchev–Trinajstić information content (AvgIpc) is 3.24. The highest BCUT2D eigenvalue weighted by Gasteiger charge is 2.20. The molecular weight excluding hydrogens is 731 g/mol. The van der Waals surface area contributed by atoms with Gasteiger partial charge in [-0.2, -0.15) is 0 Å². The molecule has 0 bridgehead atoms. The van der Waals surface area contributed by atoms with Crippen molar-refractivity contribution < 1.29 is 24.5 Å². The number of amides is 1. The third-order valence-corrected chi connectivity index (χ3v) is 12.0. The molecule has 348 valence electrons. The van der Waals surface area contributed by atoms with E-state index in [0.717, 1.165) is 83.5 Å². The normalized spacial score (nSPS) is 12.8. The molecule has 3 N–H and O–H groups in total. The third kappa shape index (κ3) is 45.7. The van der Waals surface area contributed by atoms with E-state index in [1.54, 1.807) is 0 Å². The molecule has 59 heavy (non-hydrogen) atoms. The van der Waals surface area contributed by atoms with Crippen LogP contribution < -0.4 is 5.32 Å². The molecule has 6 nitrogen and oxygen atoms in total. The van der Waals surface area contributed by atoms with Gasteiger partial charge in [-0.1, -0.05) is 212 Å². The molecule has 1 amide bonds. The Labute approximate surface area is 367 Å². The average molecular weight is 832 g/mol. The summed E-state index contributed by atoms with van der Waals surface area (Å²) in [5, 5.41) is 23.2. The highest BCUT2D eigenvalue weighted by Crippen LogP contribution is 2.16. The van der Waals surface area contributed by atoms with Gasteiger partial charge in [-0.3, -0.25) is 9.59 Å². The number of hydrogen-bond donors (Lipinski definition) is 3. The lowest BCUT2D eigenvalue weighted by Gasteiger charge is -2.22. The van der Waals surface area contributed by atoms with Crippen LogP contribution in [-0.2, 0) is 14.3 Å². The van der Waals surface area contributed by atoms with E-state index in [4.69, 9.17) is 4.74 Å². The van der Waals surface area contributed by atoms with E-state index in [2.05, 4.69) is 43.5 Å². The summed E-state index contributed by atoms with van der Waals surface area (Å²) in [6, 6.07) is -0.563. The molecule has 0 saturated heterocycles. The Morgan fingerprint density at radius 2 is 0.797 bits per heavy atom. The van der Waals surface area contributed by atoms with E-state index < -0.39 is 12.1 Å². The summed E-state index contributed by atoms with van der Waals surface area (Å²) in [5.74, 6) is -0.103. The van der Waals surface area contributed by atoms with Crippen LogP contribution in [0.3, 0.4) is 0 Å². The first kappa shape index (κ1) is 57.3. The van der Waals surface area contributed by atoms with Crippen molar-refractivity contribution in [3.8, 4) is 0 Å². The zero-order chi connectivity index (χ0) is 43.0. The molecule has 0 radical (unpaired) electrons. The molecule has 0 aromatic carbocycles. The Bertz CT molecular complexity index is 920. The predicted molar refractivity (Wildman–Crippen MR) is 255 cm³/mol. The second kappa shape index (κ2) is 49.0. The van der Waals surface area contributed by atoms with Gasteiger partial charge in [0.15, 0.2) is 0 Å². The number of unbranched alkanes of at least 4 members (excludes halogenated alkanes) is 33. The van der Waals surface area contributed by atoms with Crippen molar-refractivity contribution >= 4 is 11.9 Å². The van der Waals surface area contributed by atoms with Crippen molar-refractivity contribution in [1.29, 1.82) is 0 Å². The van der Waals surface area contributed by atoms with Crippen LogP contribution in [0, 0.1) is 0 Å². The number of rotatable bonds is 48. The van der Waals surface area contributed by atoms with Crippen LogP contribution >= 0.6 is 0 Å². The van der Waals surface area contributed by atoms with Crippen molar-refractivity contribution in [2.45, 2.75) is 289 Å². The molecule has 0 rings (SSSR count). The maximum atomic E-state index is 12.5. The number of carbonyl (C=O) groups excluding carboxylic acids is 2. The molecule has 0 aliphatic carbocycles. The summed E-state index contributed by atoms with van der Waals surface area (Å²) < 4.78 is 5.43. The molecule has 0 aromatic heterocycles. The standard InChI is InChI=1S/C53H101NO5/c1-3-5-7-9-11-13-15-17-19-20-21-22-25-29-33-37-41-45-51(56)50(49-55)54-52(57)46-42-38-34-30-26-24-28-32-36-40-44-48-59-53(58)47-43-39-35-31-27-23-18-16-14-12-10-8-6-4-2/h16,18,28,32,50-51,55-56H,3-15,17,19-27,29-31,33-49H2,1-2H3,(H,54,57)/b18-16-,32-28-. The van der Waals surface area contributed by atoms with Gasteiger partial charge in [-0.05, 0) is 77.0 Å². The van der Waals surface area contributed by atoms with E-state index in [1.807, 2.05) is 0 Å². The minimum Gasteiger partial charge on any atom is -0.466 e. The van der Waals surface area contributed by atoms with Crippen molar-refractivity contribution in [2.24, 2.45) is 0 Å². The van der Waals surface area contributed by atoms with E-state index in [-0.39, 0.29) is 18.5 Å². The second-order valence-electron chi connectivity index (χ2n) is 17.8. The van der Waals surface area contributed by atoms with Gasteiger partial charge in [-0.15, -0.1) is 0 Å². The zero-order valence-electron chi connectivity index (χ0n) is 39.5. The first-order valence-corrected chi connectivity index (χ1v) is 26.1. The Hall–Kier alpha value is -1.66. The largest absolute Gasteiger partial charge is 0.466 e. The molecule has 2 atom stereocenters. The fourth-order valence-corrected chi connectivity index (χ4v) is 7.92. The number of nitrogens with one attached hydrogen (secondary N) is 1. The summed E-state index contributed by atoms with van der Waals surface area (Å²) in [6.07, 6.45) is 57.2. The van der Waals surface area contributed by atoms with Gasteiger partial charge in [-0.25, -0.2) is 0 Å². The van der Waals surface area contributed by atoms with Crippen molar-refractivity contribution in [3.05, 3.63) is 24.3 Å². The van der Waals surface area contributed by atoms with Crippen molar-refractivity contribution in [3.63, 3.8) is 0 Å². The highest BCUT2D eigenvalue weighted by atomic mass is 16.5. The van der Waals surface area contributed by atoms with Crippen molar-refractivity contribution in [1.82, 2.24) is 5.32 Å². The summed E-state index contributed by atoms with van der Waals surface area (Å²) in [6.45, 7) is 4.87. The molecule has 0 aliphatic rings. The number of esters is 1. The molecule has 6 heteroatoms. The quantitative estimate of drug-likeness (QED) is 0.0322. The first-order chi connectivity index (χ1) is 29.0. The molecule has 0 spiro atoms. The lowest BCUT2D eigenvalue weighted by atomic mass is 10.0. The fourth-order valence-electron chi connectivity index (χ4n) is 7.92. The second-order valence-corrected chi connectivity index (χ2v) is 17.8. The fraction of sp³-hybridized carbons (Fsp3) is 0.887. The number of ether oxygens (including phenoxy) is 1. The van der Waals surface area contributed by atoms with Crippen LogP contribution in [0.1, 0.15) is 277 Å². The Morgan fingerprint density at radius 1 is 0.458 bits per heavy atom. The Balaban J connectivity index is 3.52. The van der Waals surface area contributed by atoms with E-state index >= 15 is 0 Å². The number of hydrogen-bond acceptors (Lipinski definition) is 5. The van der Waals surface area contributed by atoms with Crippen LogP contribution in [0.15, 0.2) is 24.3 Å². The van der Waals surface area contributed by atoms with Gasteiger partial charge in [0.2, 0.25) is 5.91 Å². The number of carbonyl (C=O) groups is 2. The van der Waals surface area contributed by atoms with Gasteiger partial charge in [0.1, 0.15) is 0 Å². The lowest BCUT2D eigenvalue weighted by molar-refractivity contribution is -0.143. The Morgan fingerprint density at radius 3 is 1.20 bits per heavy atom. The van der Waals surface area contributed by atoms with Gasteiger partial charge in [0, 0.05) is 12.8 Å². The first-order valence-electron chi connectivity index (χ1n) is 26.1. The zero-order valence-corrected chi connectivity index (χ0v) is 39.5. The topological polar surface area (TPSA) is 95.9 Å². The van der Waals surface area contributed by atoms with Gasteiger partial charge in [0.25, 0.3) is 0 Å². The molecule has 0 aliphatic heterocycles. The maximum absolute atomic E-state index is 12.5. The number of aliphatic hydroxyl groups excluding tert-OH is 2.